The summed E-state index contributed by atoms with van der Waals surface area (Å²) < 4.78 is 5.19. The zero-order chi connectivity index (χ0) is 14.0. The highest BCUT2D eigenvalue weighted by molar-refractivity contribution is 6.30. The van der Waals surface area contributed by atoms with Crippen LogP contribution < -0.4 is 4.90 Å². The predicted octanol–water partition coefficient (Wildman–Crippen LogP) is 3.18. The quantitative estimate of drug-likeness (QED) is 0.752. The van der Waals surface area contributed by atoms with Gasteiger partial charge in [0.25, 0.3) is 0 Å². The first kappa shape index (κ1) is 14.5. The monoisotopic (exact) mass is 283 g/mol. The molecular formula is C14H22ClN3O. The number of rotatable bonds is 6. The SMILES string of the molecule is COCCN(c1nc(C2CC2)nc(Cl)c1C)C(C)C. The molecule has 0 saturated heterocycles. The second-order valence-electron chi connectivity index (χ2n) is 5.38. The third-order valence-electron chi connectivity index (χ3n) is 3.45. The number of aromatic nitrogens is 2. The first-order valence-electron chi connectivity index (χ1n) is 6.84. The van der Waals surface area contributed by atoms with E-state index in [1.165, 1.54) is 12.8 Å². The average Bonchev–Trinajstić information content (AvgIpc) is 3.18. The maximum absolute atomic E-state index is 6.26. The lowest BCUT2D eigenvalue weighted by Gasteiger charge is -2.29. The van der Waals surface area contributed by atoms with E-state index in [9.17, 15) is 0 Å². The molecule has 1 aliphatic rings. The Hall–Kier alpha value is -0.870. The van der Waals surface area contributed by atoms with E-state index >= 15 is 0 Å². The number of nitrogens with zero attached hydrogens (tertiary/aromatic N) is 3. The Morgan fingerprint density at radius 3 is 2.58 bits per heavy atom. The molecule has 0 aliphatic heterocycles. The van der Waals surface area contributed by atoms with Crippen LogP contribution in [0.2, 0.25) is 5.15 Å². The third kappa shape index (κ3) is 3.37. The topological polar surface area (TPSA) is 38.2 Å². The van der Waals surface area contributed by atoms with Gasteiger partial charge in [0.2, 0.25) is 0 Å². The van der Waals surface area contributed by atoms with Gasteiger partial charge in [0, 0.05) is 31.2 Å². The molecule has 0 aromatic carbocycles. The Balaban J connectivity index is 2.33. The summed E-state index contributed by atoms with van der Waals surface area (Å²) in [7, 11) is 1.72. The highest BCUT2D eigenvalue weighted by Crippen LogP contribution is 2.40. The van der Waals surface area contributed by atoms with Crippen LogP contribution in [0.5, 0.6) is 0 Å². The minimum atomic E-state index is 0.354. The molecule has 1 saturated carbocycles. The highest BCUT2D eigenvalue weighted by atomic mass is 35.5. The van der Waals surface area contributed by atoms with E-state index in [1.807, 2.05) is 6.92 Å². The second-order valence-corrected chi connectivity index (χ2v) is 5.73. The second kappa shape index (κ2) is 6.06. The van der Waals surface area contributed by atoms with Gasteiger partial charge in [0.1, 0.15) is 16.8 Å². The molecule has 1 aromatic heterocycles. The summed E-state index contributed by atoms with van der Waals surface area (Å²) in [6, 6.07) is 0.354. The number of anilines is 1. The van der Waals surface area contributed by atoms with Gasteiger partial charge in [-0.3, -0.25) is 0 Å². The smallest absolute Gasteiger partial charge is 0.137 e. The van der Waals surface area contributed by atoms with Crippen LogP contribution in [-0.2, 0) is 4.74 Å². The Labute approximate surface area is 120 Å². The number of hydrogen-bond donors (Lipinski definition) is 0. The van der Waals surface area contributed by atoms with Crippen molar-refractivity contribution < 1.29 is 4.74 Å². The Morgan fingerprint density at radius 1 is 1.37 bits per heavy atom. The van der Waals surface area contributed by atoms with Crippen LogP contribution in [-0.4, -0.2) is 36.3 Å². The van der Waals surface area contributed by atoms with E-state index in [1.54, 1.807) is 7.11 Å². The molecule has 0 spiro atoms. The summed E-state index contributed by atoms with van der Waals surface area (Å²) in [4.78, 5) is 11.4. The van der Waals surface area contributed by atoms with Crippen LogP contribution in [0.4, 0.5) is 5.82 Å². The van der Waals surface area contributed by atoms with Gasteiger partial charge >= 0.3 is 0 Å². The van der Waals surface area contributed by atoms with Crippen LogP contribution in [0.25, 0.3) is 0 Å². The summed E-state index contributed by atoms with van der Waals surface area (Å²) in [5.74, 6) is 2.36. The van der Waals surface area contributed by atoms with Crippen LogP contribution >= 0.6 is 11.6 Å². The first-order chi connectivity index (χ1) is 9.04. The maximum Gasteiger partial charge on any atom is 0.137 e. The molecule has 0 atom stereocenters. The zero-order valence-corrected chi connectivity index (χ0v) is 12.9. The van der Waals surface area contributed by atoms with Gasteiger partial charge in [-0.15, -0.1) is 0 Å². The highest BCUT2D eigenvalue weighted by Gasteiger charge is 2.29. The molecule has 5 heteroatoms. The molecule has 1 heterocycles. The molecule has 0 N–H and O–H groups in total. The molecule has 0 unspecified atom stereocenters. The van der Waals surface area contributed by atoms with Crippen molar-refractivity contribution in [1.29, 1.82) is 0 Å². The summed E-state index contributed by atoms with van der Waals surface area (Å²) in [5, 5.41) is 0.579. The summed E-state index contributed by atoms with van der Waals surface area (Å²) in [6.45, 7) is 7.78. The molecular weight excluding hydrogens is 262 g/mol. The zero-order valence-electron chi connectivity index (χ0n) is 12.1. The number of hydrogen-bond acceptors (Lipinski definition) is 4. The fourth-order valence-corrected chi connectivity index (χ4v) is 2.27. The third-order valence-corrected chi connectivity index (χ3v) is 3.82. The number of halogens is 1. The molecule has 2 rings (SSSR count). The van der Waals surface area contributed by atoms with Crippen LogP contribution in [0.1, 0.15) is 44.0 Å². The van der Waals surface area contributed by atoms with Crippen molar-refractivity contribution in [2.24, 2.45) is 0 Å². The van der Waals surface area contributed by atoms with Crippen LogP contribution in [0, 0.1) is 6.92 Å². The van der Waals surface area contributed by atoms with E-state index in [4.69, 9.17) is 21.3 Å². The van der Waals surface area contributed by atoms with Crippen molar-refractivity contribution >= 4 is 17.4 Å². The lowest BCUT2D eigenvalue weighted by molar-refractivity contribution is 0.203. The summed E-state index contributed by atoms with van der Waals surface area (Å²) >= 11 is 6.26. The lowest BCUT2D eigenvalue weighted by Crippen LogP contribution is -2.35. The maximum atomic E-state index is 6.26. The average molecular weight is 284 g/mol. The van der Waals surface area contributed by atoms with Crippen molar-refractivity contribution in [3.8, 4) is 0 Å². The molecule has 1 aliphatic carbocycles. The van der Waals surface area contributed by atoms with Gasteiger partial charge in [0.05, 0.1) is 6.61 Å². The van der Waals surface area contributed by atoms with Gasteiger partial charge in [0.15, 0.2) is 0 Å². The van der Waals surface area contributed by atoms with Crippen molar-refractivity contribution in [2.75, 3.05) is 25.2 Å². The first-order valence-corrected chi connectivity index (χ1v) is 7.22. The van der Waals surface area contributed by atoms with Crippen molar-refractivity contribution in [3.63, 3.8) is 0 Å². The molecule has 0 radical (unpaired) electrons. The fraction of sp³-hybridized carbons (Fsp3) is 0.714. The molecule has 1 fully saturated rings. The number of ether oxygens (including phenoxy) is 1. The molecule has 0 amide bonds. The van der Waals surface area contributed by atoms with E-state index in [0.717, 1.165) is 23.8 Å². The summed E-state index contributed by atoms with van der Waals surface area (Å²) in [6.07, 6.45) is 2.36. The van der Waals surface area contributed by atoms with Crippen LogP contribution in [0.15, 0.2) is 0 Å². The molecule has 0 bridgehead atoms. The van der Waals surface area contributed by atoms with Crippen molar-refractivity contribution in [1.82, 2.24) is 9.97 Å². The van der Waals surface area contributed by atoms with E-state index in [2.05, 4.69) is 23.7 Å². The minimum absolute atomic E-state index is 0.354. The largest absolute Gasteiger partial charge is 0.383 e. The lowest BCUT2D eigenvalue weighted by atomic mass is 10.2. The molecule has 19 heavy (non-hydrogen) atoms. The van der Waals surface area contributed by atoms with E-state index < -0.39 is 0 Å². The summed E-state index contributed by atoms with van der Waals surface area (Å²) in [5.41, 5.74) is 0.955. The van der Waals surface area contributed by atoms with Crippen molar-refractivity contribution in [3.05, 3.63) is 16.5 Å². The van der Waals surface area contributed by atoms with Gasteiger partial charge < -0.3 is 9.64 Å². The molecule has 1 aromatic rings. The number of methoxy groups -OCH3 is 1. The minimum Gasteiger partial charge on any atom is -0.383 e. The predicted molar refractivity (Wildman–Crippen MR) is 78.1 cm³/mol. The fourth-order valence-electron chi connectivity index (χ4n) is 2.10. The van der Waals surface area contributed by atoms with Crippen molar-refractivity contribution in [2.45, 2.75) is 45.6 Å². The van der Waals surface area contributed by atoms with Gasteiger partial charge in [-0.25, -0.2) is 9.97 Å². The standard InChI is InChI=1S/C14H22ClN3O/c1-9(2)18(7-8-19-4)14-10(3)12(15)16-13(17-14)11-5-6-11/h9,11H,5-8H2,1-4H3. The van der Waals surface area contributed by atoms with Gasteiger partial charge in [-0.1, -0.05) is 11.6 Å². The van der Waals surface area contributed by atoms with E-state index in [0.29, 0.717) is 23.7 Å². The normalized spacial score (nSPS) is 15.1. The van der Waals surface area contributed by atoms with Gasteiger partial charge in [-0.2, -0.15) is 0 Å². The Morgan fingerprint density at radius 2 is 2.05 bits per heavy atom. The molecule has 106 valence electrons. The molecule has 4 nitrogen and oxygen atoms in total. The van der Waals surface area contributed by atoms with Gasteiger partial charge in [-0.05, 0) is 33.6 Å². The Bertz CT molecular complexity index is 447. The van der Waals surface area contributed by atoms with E-state index in [-0.39, 0.29) is 0 Å². The van der Waals surface area contributed by atoms with Crippen LogP contribution in [0.3, 0.4) is 0 Å². The Kier molecular flexibility index (Phi) is 4.63.